The van der Waals surface area contributed by atoms with Crippen LogP contribution in [0.5, 0.6) is 0 Å². The Labute approximate surface area is 125 Å². The van der Waals surface area contributed by atoms with Crippen LogP contribution in [0.2, 0.25) is 0 Å². The van der Waals surface area contributed by atoms with Crippen LogP contribution in [0, 0.1) is 6.92 Å². The molecule has 1 aromatic carbocycles. The largest absolute Gasteiger partial charge is 0.313 e. The van der Waals surface area contributed by atoms with Gasteiger partial charge in [-0.3, -0.25) is 9.71 Å². The lowest BCUT2D eigenvalue weighted by molar-refractivity contribution is 0.601. The van der Waals surface area contributed by atoms with Crippen LogP contribution >= 0.6 is 0 Å². The van der Waals surface area contributed by atoms with Gasteiger partial charge >= 0.3 is 0 Å². The summed E-state index contributed by atoms with van der Waals surface area (Å²) in [7, 11) is -3.58. The number of aryl methyl sites for hydroxylation is 1. The summed E-state index contributed by atoms with van der Waals surface area (Å²) in [5.74, 6) is 0. The zero-order valence-electron chi connectivity index (χ0n) is 12.1. The lowest BCUT2D eigenvalue weighted by atomic mass is 10.2. The minimum absolute atomic E-state index is 0.257. The molecule has 21 heavy (non-hydrogen) atoms. The van der Waals surface area contributed by atoms with Crippen LogP contribution in [-0.2, 0) is 16.6 Å². The van der Waals surface area contributed by atoms with Crippen LogP contribution in [-0.4, -0.2) is 19.9 Å². The molecule has 1 heterocycles. The summed E-state index contributed by atoms with van der Waals surface area (Å²) in [5.41, 5.74) is 2.21. The fourth-order valence-electron chi connectivity index (χ4n) is 1.92. The molecule has 112 valence electrons. The highest BCUT2D eigenvalue weighted by atomic mass is 32.2. The van der Waals surface area contributed by atoms with Gasteiger partial charge in [0.25, 0.3) is 10.0 Å². The molecule has 1 aromatic heterocycles. The number of pyridine rings is 1. The van der Waals surface area contributed by atoms with Gasteiger partial charge in [-0.25, -0.2) is 8.42 Å². The number of sulfonamides is 1. The van der Waals surface area contributed by atoms with Crippen molar-refractivity contribution in [1.29, 1.82) is 0 Å². The Balaban J connectivity index is 2.23. The zero-order chi connectivity index (χ0) is 15.3. The molecule has 6 heteroatoms. The van der Waals surface area contributed by atoms with Gasteiger partial charge in [0.2, 0.25) is 0 Å². The third-order valence-electron chi connectivity index (χ3n) is 2.94. The second kappa shape index (κ2) is 6.69. The number of aromatic nitrogens is 1. The van der Waals surface area contributed by atoms with Gasteiger partial charge in [-0.15, -0.1) is 0 Å². The average molecular weight is 305 g/mol. The monoisotopic (exact) mass is 305 g/mol. The summed E-state index contributed by atoms with van der Waals surface area (Å²) in [5, 5.41) is 3.18. The maximum Gasteiger partial charge on any atom is 0.261 e. The Morgan fingerprint density at radius 1 is 1.19 bits per heavy atom. The van der Waals surface area contributed by atoms with Crippen molar-refractivity contribution >= 4 is 15.7 Å². The minimum atomic E-state index is -3.58. The highest BCUT2D eigenvalue weighted by molar-refractivity contribution is 7.92. The Kier molecular flexibility index (Phi) is 4.93. The van der Waals surface area contributed by atoms with E-state index in [9.17, 15) is 8.42 Å². The molecule has 0 fully saturated rings. The molecule has 0 bridgehead atoms. The molecule has 0 saturated carbocycles. The van der Waals surface area contributed by atoms with Gasteiger partial charge < -0.3 is 5.32 Å². The molecule has 2 N–H and O–H groups in total. The van der Waals surface area contributed by atoms with Gasteiger partial charge in [-0.05, 0) is 43.3 Å². The molecule has 0 aliphatic carbocycles. The Morgan fingerprint density at radius 3 is 2.71 bits per heavy atom. The molecule has 2 aromatic rings. The van der Waals surface area contributed by atoms with Crippen molar-refractivity contribution in [2.45, 2.75) is 25.3 Å². The molecule has 0 spiro atoms. The van der Waals surface area contributed by atoms with E-state index in [1.165, 1.54) is 0 Å². The molecule has 2 rings (SSSR count). The molecule has 0 aliphatic rings. The maximum atomic E-state index is 12.4. The third-order valence-corrected chi connectivity index (χ3v) is 4.32. The van der Waals surface area contributed by atoms with Crippen LogP contribution in [0.25, 0.3) is 0 Å². The summed E-state index contributed by atoms with van der Waals surface area (Å²) in [6, 6.07) is 10.2. The SMILES string of the molecule is CCNCc1cccc(S(=O)(=O)Nc2ccnc(C)c2)c1. The number of nitrogens with zero attached hydrogens (tertiary/aromatic N) is 1. The van der Waals surface area contributed by atoms with Gasteiger partial charge in [0.05, 0.1) is 10.6 Å². The lowest BCUT2D eigenvalue weighted by Gasteiger charge is -2.10. The van der Waals surface area contributed by atoms with E-state index in [2.05, 4.69) is 15.0 Å². The van der Waals surface area contributed by atoms with Crippen molar-refractivity contribution in [2.24, 2.45) is 0 Å². The van der Waals surface area contributed by atoms with Crippen LogP contribution < -0.4 is 10.0 Å². The topological polar surface area (TPSA) is 71.1 Å². The quantitative estimate of drug-likeness (QED) is 0.859. The molecule has 0 radical (unpaired) electrons. The molecule has 0 aliphatic heterocycles. The smallest absolute Gasteiger partial charge is 0.261 e. The summed E-state index contributed by atoms with van der Waals surface area (Å²) in [6.07, 6.45) is 1.58. The van der Waals surface area contributed by atoms with Crippen molar-refractivity contribution in [3.05, 3.63) is 53.9 Å². The van der Waals surface area contributed by atoms with Gasteiger partial charge in [-0.2, -0.15) is 0 Å². The van der Waals surface area contributed by atoms with Crippen LogP contribution in [0.15, 0.2) is 47.5 Å². The lowest BCUT2D eigenvalue weighted by Crippen LogP contribution is -2.15. The van der Waals surface area contributed by atoms with Crippen LogP contribution in [0.1, 0.15) is 18.2 Å². The number of benzene rings is 1. The Bertz CT molecular complexity index is 714. The minimum Gasteiger partial charge on any atom is -0.313 e. The number of anilines is 1. The standard InChI is InChI=1S/C15H19N3O2S/c1-3-16-11-13-5-4-6-15(10-13)21(19,20)18-14-7-8-17-12(2)9-14/h4-10,16H,3,11H2,1-2H3,(H,17,18). The highest BCUT2D eigenvalue weighted by Gasteiger charge is 2.14. The average Bonchev–Trinajstić information content (AvgIpc) is 2.45. The van der Waals surface area contributed by atoms with E-state index >= 15 is 0 Å². The first-order valence-electron chi connectivity index (χ1n) is 6.76. The van der Waals surface area contributed by atoms with Gasteiger partial charge in [0.1, 0.15) is 0 Å². The van der Waals surface area contributed by atoms with Gasteiger partial charge in [0.15, 0.2) is 0 Å². The summed E-state index contributed by atoms with van der Waals surface area (Å²) < 4.78 is 27.3. The van der Waals surface area contributed by atoms with Crippen molar-refractivity contribution in [3.63, 3.8) is 0 Å². The molecule has 0 amide bonds. The normalized spacial score (nSPS) is 11.3. The van der Waals surface area contributed by atoms with E-state index in [1.807, 2.05) is 19.9 Å². The van der Waals surface area contributed by atoms with Crippen molar-refractivity contribution < 1.29 is 8.42 Å². The molecule has 0 unspecified atom stereocenters. The van der Waals surface area contributed by atoms with E-state index in [0.29, 0.717) is 12.2 Å². The third kappa shape index (κ3) is 4.27. The summed E-state index contributed by atoms with van der Waals surface area (Å²) in [4.78, 5) is 4.30. The van der Waals surface area contributed by atoms with Crippen molar-refractivity contribution in [2.75, 3.05) is 11.3 Å². The summed E-state index contributed by atoms with van der Waals surface area (Å²) >= 11 is 0. The Hall–Kier alpha value is -1.92. The Morgan fingerprint density at radius 2 is 2.00 bits per heavy atom. The molecule has 0 atom stereocenters. The second-order valence-corrected chi connectivity index (χ2v) is 6.40. The highest BCUT2D eigenvalue weighted by Crippen LogP contribution is 2.17. The number of nitrogens with one attached hydrogen (secondary N) is 2. The molecular formula is C15H19N3O2S. The predicted octanol–water partition coefficient (Wildman–Crippen LogP) is 2.30. The van der Waals surface area contributed by atoms with E-state index in [-0.39, 0.29) is 4.90 Å². The number of hydrogen-bond acceptors (Lipinski definition) is 4. The van der Waals surface area contributed by atoms with E-state index in [4.69, 9.17) is 0 Å². The van der Waals surface area contributed by atoms with E-state index in [1.54, 1.807) is 36.5 Å². The zero-order valence-corrected chi connectivity index (χ0v) is 12.9. The molecular weight excluding hydrogens is 286 g/mol. The maximum absolute atomic E-state index is 12.4. The van der Waals surface area contributed by atoms with Crippen LogP contribution in [0.3, 0.4) is 0 Å². The first-order chi connectivity index (χ1) is 10.0. The first-order valence-corrected chi connectivity index (χ1v) is 8.25. The van der Waals surface area contributed by atoms with Crippen molar-refractivity contribution in [1.82, 2.24) is 10.3 Å². The van der Waals surface area contributed by atoms with Gasteiger partial charge in [-0.1, -0.05) is 19.1 Å². The fraction of sp³-hybridized carbons (Fsp3) is 0.267. The summed E-state index contributed by atoms with van der Waals surface area (Å²) in [6.45, 7) is 5.31. The van der Waals surface area contributed by atoms with Crippen molar-refractivity contribution in [3.8, 4) is 0 Å². The molecule has 5 nitrogen and oxygen atoms in total. The number of rotatable bonds is 6. The fourth-order valence-corrected chi connectivity index (χ4v) is 3.03. The second-order valence-electron chi connectivity index (χ2n) is 4.72. The van der Waals surface area contributed by atoms with E-state index < -0.39 is 10.0 Å². The first kappa shape index (κ1) is 15.5. The predicted molar refractivity (Wildman–Crippen MR) is 83.6 cm³/mol. The van der Waals surface area contributed by atoms with Gasteiger partial charge in [0, 0.05) is 18.4 Å². The van der Waals surface area contributed by atoms with Crippen LogP contribution in [0.4, 0.5) is 5.69 Å². The van der Waals surface area contributed by atoms with E-state index in [0.717, 1.165) is 17.8 Å². The number of hydrogen-bond donors (Lipinski definition) is 2. The molecule has 0 saturated heterocycles.